The second-order valence-corrected chi connectivity index (χ2v) is 7.92. The first-order valence-corrected chi connectivity index (χ1v) is 8.83. The van der Waals surface area contributed by atoms with Gasteiger partial charge in [-0.25, -0.2) is 0 Å². The lowest BCUT2D eigenvalue weighted by atomic mass is 9.91. The van der Waals surface area contributed by atoms with Crippen LogP contribution in [0.1, 0.15) is 44.4 Å². The molecule has 1 saturated heterocycles. The van der Waals surface area contributed by atoms with Crippen LogP contribution < -0.4 is 0 Å². The van der Waals surface area contributed by atoms with Gasteiger partial charge in [0.15, 0.2) is 0 Å². The summed E-state index contributed by atoms with van der Waals surface area (Å²) in [6.07, 6.45) is 5.64. The Bertz CT molecular complexity index is 397. The van der Waals surface area contributed by atoms with Crippen LogP contribution in [0.4, 0.5) is 0 Å². The molecule has 0 aromatic carbocycles. The summed E-state index contributed by atoms with van der Waals surface area (Å²) in [7, 11) is 0. The van der Waals surface area contributed by atoms with Gasteiger partial charge in [0.2, 0.25) is 0 Å². The molecule has 2 nitrogen and oxygen atoms in total. The van der Waals surface area contributed by atoms with Crippen LogP contribution in [0.2, 0.25) is 0 Å². The number of aliphatic hydroxyl groups excluding tert-OH is 1. The molecule has 0 radical (unpaired) electrons. The van der Waals surface area contributed by atoms with Crippen LogP contribution in [0.5, 0.6) is 0 Å². The molecule has 1 aromatic heterocycles. The van der Waals surface area contributed by atoms with Crippen molar-refractivity contribution >= 4 is 27.3 Å². The van der Waals surface area contributed by atoms with Gasteiger partial charge in [0.1, 0.15) is 0 Å². The zero-order valence-electron chi connectivity index (χ0n) is 11.9. The normalized spacial score (nSPS) is 20.2. The number of nitrogens with zero attached hydrogens (tertiary/aromatic N) is 1. The van der Waals surface area contributed by atoms with E-state index in [1.54, 1.807) is 11.3 Å². The molecule has 1 fully saturated rings. The molecule has 1 aromatic rings. The van der Waals surface area contributed by atoms with Crippen molar-refractivity contribution < 1.29 is 5.11 Å². The Labute approximate surface area is 129 Å². The van der Waals surface area contributed by atoms with E-state index in [-0.39, 0.29) is 11.6 Å². The van der Waals surface area contributed by atoms with Crippen molar-refractivity contribution in [2.24, 2.45) is 0 Å². The fourth-order valence-electron chi connectivity index (χ4n) is 2.76. The minimum atomic E-state index is -0.309. The number of rotatable bonds is 4. The van der Waals surface area contributed by atoms with Crippen molar-refractivity contribution in [3.8, 4) is 0 Å². The Morgan fingerprint density at radius 1 is 1.32 bits per heavy atom. The fourth-order valence-corrected chi connectivity index (χ4v) is 4.25. The standard InChI is InChI=1S/C15H24BrNOS/c1-15(2,17-7-5-3-4-6-8-17)14(18)10-13-9-12(16)11-19-13/h9,11,14,18H,3-8,10H2,1-2H3. The summed E-state index contributed by atoms with van der Waals surface area (Å²) < 4.78 is 1.12. The number of hydrogen-bond donors (Lipinski definition) is 1. The van der Waals surface area contributed by atoms with E-state index in [2.05, 4.69) is 46.1 Å². The van der Waals surface area contributed by atoms with Gasteiger partial charge < -0.3 is 5.11 Å². The predicted octanol–water partition coefficient (Wildman–Crippen LogP) is 4.07. The summed E-state index contributed by atoms with van der Waals surface area (Å²) in [6, 6.07) is 2.12. The molecule has 2 heterocycles. The molecule has 19 heavy (non-hydrogen) atoms. The summed E-state index contributed by atoms with van der Waals surface area (Å²) in [5.41, 5.74) is -0.138. The Morgan fingerprint density at radius 2 is 1.95 bits per heavy atom. The smallest absolute Gasteiger partial charge is 0.0766 e. The lowest BCUT2D eigenvalue weighted by Gasteiger charge is -2.41. The summed E-state index contributed by atoms with van der Waals surface area (Å²) in [4.78, 5) is 3.73. The third-order valence-electron chi connectivity index (χ3n) is 4.25. The van der Waals surface area contributed by atoms with Crippen LogP contribution in [0.15, 0.2) is 15.9 Å². The summed E-state index contributed by atoms with van der Waals surface area (Å²) >= 11 is 5.20. The molecule has 1 unspecified atom stereocenters. The van der Waals surface area contributed by atoms with Gasteiger partial charge in [-0.2, -0.15) is 0 Å². The Hall–Kier alpha value is 0.1000. The third kappa shape index (κ3) is 4.03. The molecular weight excluding hydrogens is 322 g/mol. The zero-order chi connectivity index (χ0) is 13.9. The summed E-state index contributed by atoms with van der Waals surface area (Å²) in [5, 5.41) is 12.7. The Kier molecular flexibility index (Phi) is 5.46. The van der Waals surface area contributed by atoms with Crippen molar-refractivity contribution in [3.63, 3.8) is 0 Å². The van der Waals surface area contributed by atoms with E-state index in [1.165, 1.54) is 30.6 Å². The van der Waals surface area contributed by atoms with Crippen LogP contribution in [-0.2, 0) is 6.42 Å². The molecule has 1 N–H and O–H groups in total. The molecule has 108 valence electrons. The molecule has 1 aliphatic heterocycles. The maximum atomic E-state index is 10.6. The topological polar surface area (TPSA) is 23.5 Å². The number of thiophene rings is 1. The second kappa shape index (κ2) is 6.70. The van der Waals surface area contributed by atoms with E-state index < -0.39 is 0 Å². The van der Waals surface area contributed by atoms with E-state index in [0.29, 0.717) is 0 Å². The quantitative estimate of drug-likeness (QED) is 0.888. The molecule has 2 rings (SSSR count). The monoisotopic (exact) mass is 345 g/mol. The van der Waals surface area contributed by atoms with Gasteiger partial charge >= 0.3 is 0 Å². The van der Waals surface area contributed by atoms with Crippen LogP contribution in [0.25, 0.3) is 0 Å². The molecule has 0 bridgehead atoms. The maximum absolute atomic E-state index is 10.6. The fraction of sp³-hybridized carbons (Fsp3) is 0.733. The second-order valence-electron chi connectivity index (χ2n) is 6.01. The minimum absolute atomic E-state index is 0.138. The average Bonchev–Trinajstić information content (AvgIpc) is 2.63. The van der Waals surface area contributed by atoms with Gasteiger partial charge in [0.05, 0.1) is 6.10 Å². The van der Waals surface area contributed by atoms with E-state index in [9.17, 15) is 5.11 Å². The maximum Gasteiger partial charge on any atom is 0.0766 e. The molecule has 0 spiro atoms. The average molecular weight is 346 g/mol. The van der Waals surface area contributed by atoms with Gasteiger partial charge in [0, 0.05) is 26.7 Å². The van der Waals surface area contributed by atoms with Crippen molar-refractivity contribution in [2.75, 3.05) is 13.1 Å². The zero-order valence-corrected chi connectivity index (χ0v) is 14.3. The third-order valence-corrected chi connectivity index (χ3v) is 5.97. The van der Waals surface area contributed by atoms with Gasteiger partial charge in [-0.15, -0.1) is 11.3 Å². The minimum Gasteiger partial charge on any atom is -0.391 e. The van der Waals surface area contributed by atoms with Gasteiger partial charge in [-0.05, 0) is 61.8 Å². The highest BCUT2D eigenvalue weighted by molar-refractivity contribution is 9.10. The van der Waals surface area contributed by atoms with Gasteiger partial charge in [0.25, 0.3) is 0 Å². The van der Waals surface area contributed by atoms with Crippen LogP contribution in [0, 0.1) is 0 Å². The molecule has 4 heteroatoms. The van der Waals surface area contributed by atoms with Gasteiger partial charge in [-0.1, -0.05) is 12.8 Å². The van der Waals surface area contributed by atoms with Crippen molar-refractivity contribution in [3.05, 3.63) is 20.8 Å². The number of aliphatic hydroxyl groups is 1. The lowest BCUT2D eigenvalue weighted by molar-refractivity contribution is -0.00746. The van der Waals surface area contributed by atoms with E-state index >= 15 is 0 Å². The first-order valence-electron chi connectivity index (χ1n) is 7.16. The highest BCUT2D eigenvalue weighted by atomic mass is 79.9. The molecular formula is C15H24BrNOS. The van der Waals surface area contributed by atoms with Gasteiger partial charge in [-0.3, -0.25) is 4.90 Å². The van der Waals surface area contributed by atoms with E-state index in [4.69, 9.17) is 0 Å². The first-order chi connectivity index (χ1) is 9.00. The molecule has 1 atom stereocenters. The number of halogens is 1. The predicted molar refractivity (Wildman–Crippen MR) is 85.8 cm³/mol. The number of likely N-dealkylation sites (tertiary alicyclic amines) is 1. The Balaban J connectivity index is 2.00. The molecule has 1 aliphatic rings. The molecule has 0 aliphatic carbocycles. The van der Waals surface area contributed by atoms with Crippen LogP contribution in [0.3, 0.4) is 0 Å². The van der Waals surface area contributed by atoms with Crippen molar-refractivity contribution in [1.82, 2.24) is 4.90 Å². The van der Waals surface area contributed by atoms with Crippen LogP contribution in [-0.4, -0.2) is 34.7 Å². The molecule has 0 saturated carbocycles. The van der Waals surface area contributed by atoms with Crippen molar-refractivity contribution in [2.45, 2.75) is 57.6 Å². The van der Waals surface area contributed by atoms with E-state index in [0.717, 1.165) is 24.0 Å². The highest BCUT2D eigenvalue weighted by Gasteiger charge is 2.34. The first kappa shape index (κ1) is 15.5. The summed E-state index contributed by atoms with van der Waals surface area (Å²) in [5.74, 6) is 0. The van der Waals surface area contributed by atoms with E-state index in [1.807, 2.05) is 0 Å². The van der Waals surface area contributed by atoms with Crippen molar-refractivity contribution in [1.29, 1.82) is 0 Å². The van der Waals surface area contributed by atoms with Crippen LogP contribution >= 0.6 is 27.3 Å². The SMILES string of the molecule is CC(C)(C(O)Cc1cc(Br)cs1)N1CCCCCC1. The number of hydrogen-bond acceptors (Lipinski definition) is 3. The molecule has 0 amide bonds. The Morgan fingerprint density at radius 3 is 2.47 bits per heavy atom. The lowest BCUT2D eigenvalue weighted by Crippen LogP contribution is -2.53. The highest BCUT2D eigenvalue weighted by Crippen LogP contribution is 2.28. The summed E-state index contributed by atoms with van der Waals surface area (Å²) in [6.45, 7) is 6.62. The largest absolute Gasteiger partial charge is 0.391 e.